The van der Waals surface area contributed by atoms with E-state index in [1.54, 1.807) is 11.0 Å². The Hall–Kier alpha value is -3.91. The minimum Gasteiger partial charge on any atom is -0.399 e. The number of carbonyl (C=O) groups excluding carboxylic acids is 3. The van der Waals surface area contributed by atoms with Crippen LogP contribution in [0, 0.1) is 11.8 Å². The van der Waals surface area contributed by atoms with Crippen molar-refractivity contribution in [1.29, 1.82) is 0 Å². The van der Waals surface area contributed by atoms with Gasteiger partial charge in [0.2, 0.25) is 11.8 Å². The van der Waals surface area contributed by atoms with Crippen LogP contribution in [0.3, 0.4) is 0 Å². The van der Waals surface area contributed by atoms with Crippen LogP contribution in [0.2, 0.25) is 0 Å². The van der Waals surface area contributed by atoms with Crippen molar-refractivity contribution >= 4 is 29.1 Å². The van der Waals surface area contributed by atoms with E-state index in [1.165, 1.54) is 31.4 Å². The summed E-state index contributed by atoms with van der Waals surface area (Å²) in [5.41, 5.74) is 10.2. The van der Waals surface area contributed by atoms with Crippen molar-refractivity contribution in [1.82, 2.24) is 20.4 Å². The molecule has 0 aromatic heterocycles. The number of nitrogen functional groups attached to an aromatic ring is 1. The maximum Gasteiger partial charge on any atom is 0.255 e. The average Bonchev–Trinajstić information content (AvgIpc) is 3.39. The number of piperazine rings is 1. The molecule has 3 amide bonds. The second-order valence-electron chi connectivity index (χ2n) is 12.5. The van der Waals surface area contributed by atoms with Gasteiger partial charge in [0, 0.05) is 86.7 Å². The lowest BCUT2D eigenvalue weighted by atomic mass is 9.90. The Morgan fingerprint density at radius 2 is 1.71 bits per heavy atom. The normalized spacial score (nSPS) is 23.8. The highest BCUT2D eigenvalue weighted by Gasteiger charge is 2.39. The van der Waals surface area contributed by atoms with Gasteiger partial charge in [0.25, 0.3) is 5.91 Å². The van der Waals surface area contributed by atoms with Crippen LogP contribution in [-0.4, -0.2) is 91.6 Å². The van der Waals surface area contributed by atoms with Gasteiger partial charge in [-0.2, -0.15) is 0 Å². The minimum atomic E-state index is -0.622. The van der Waals surface area contributed by atoms with Crippen LogP contribution in [0.1, 0.15) is 66.4 Å². The first kappa shape index (κ1) is 31.1. The molecule has 0 radical (unpaired) electrons. The molecule has 45 heavy (non-hydrogen) atoms. The number of hydrogen-bond acceptors (Lipinski definition) is 8. The van der Waals surface area contributed by atoms with Crippen LogP contribution >= 0.6 is 0 Å². The second-order valence-corrected chi connectivity index (χ2v) is 12.5. The van der Waals surface area contributed by atoms with Gasteiger partial charge in [-0.25, -0.2) is 0 Å². The Labute approximate surface area is 265 Å². The number of imide groups is 1. The molecule has 3 aliphatic heterocycles. The summed E-state index contributed by atoms with van der Waals surface area (Å²) in [6, 6.07) is 14.4. The number of amides is 3. The Morgan fingerprint density at radius 1 is 0.933 bits per heavy atom. The third-order valence-electron chi connectivity index (χ3n) is 9.64. The first-order chi connectivity index (χ1) is 22.0. The predicted molar refractivity (Wildman–Crippen MR) is 173 cm³/mol. The monoisotopic (exact) mass is 612 g/mol. The molecule has 1 aliphatic carbocycles. The average molecular weight is 613 g/mol. The Balaban J connectivity index is 0.855. The fraction of sp³-hybridized carbons (Fsp3) is 0.514. The Kier molecular flexibility index (Phi) is 9.99. The lowest BCUT2D eigenvalue weighted by Gasteiger charge is -2.42. The van der Waals surface area contributed by atoms with E-state index in [0.717, 1.165) is 49.5 Å². The molecule has 0 spiro atoms. The van der Waals surface area contributed by atoms with Gasteiger partial charge < -0.3 is 25.6 Å². The highest BCUT2D eigenvalue weighted by molar-refractivity contribution is 6.05. The van der Waals surface area contributed by atoms with Crippen molar-refractivity contribution < 1.29 is 19.1 Å². The predicted octanol–water partition coefficient (Wildman–Crippen LogP) is 2.51. The largest absolute Gasteiger partial charge is 0.399 e. The molecule has 2 saturated heterocycles. The number of benzene rings is 2. The molecule has 10 nitrogen and oxygen atoms in total. The number of nitrogens with one attached hydrogen (secondary N) is 2. The zero-order chi connectivity index (χ0) is 31.2. The molecule has 1 saturated carbocycles. The first-order valence-electron chi connectivity index (χ1n) is 16.4. The molecule has 2 aromatic carbocycles. The number of anilines is 2. The molecule has 238 valence electrons. The Morgan fingerprint density at radius 3 is 2.47 bits per heavy atom. The number of rotatable bonds is 9. The maximum atomic E-state index is 13.0. The molecule has 1 atom stereocenters. The van der Waals surface area contributed by atoms with Gasteiger partial charge in [0.15, 0.2) is 0 Å². The SMILES string of the molecule is Nc1ccc(N2CCN(C3CCC(NCCOCCC#Cc4cccc5c4CN(C4CCC(=O)NC4=O)C5=O)CC3)CC2)cc1. The third-order valence-corrected chi connectivity index (χ3v) is 9.64. The first-order valence-corrected chi connectivity index (χ1v) is 16.4. The summed E-state index contributed by atoms with van der Waals surface area (Å²) >= 11 is 0. The summed E-state index contributed by atoms with van der Waals surface area (Å²) in [6.07, 6.45) is 6.10. The van der Waals surface area contributed by atoms with Gasteiger partial charge in [0.1, 0.15) is 6.04 Å². The van der Waals surface area contributed by atoms with Crippen molar-refractivity contribution in [3.8, 4) is 11.8 Å². The summed E-state index contributed by atoms with van der Waals surface area (Å²) in [5.74, 6) is 5.52. The van der Waals surface area contributed by atoms with E-state index in [4.69, 9.17) is 10.5 Å². The maximum absolute atomic E-state index is 13.0. The highest BCUT2D eigenvalue weighted by Crippen LogP contribution is 2.30. The van der Waals surface area contributed by atoms with Gasteiger partial charge in [-0.3, -0.25) is 24.6 Å². The number of carbonyl (C=O) groups is 3. The van der Waals surface area contributed by atoms with Crippen LogP contribution in [0.4, 0.5) is 11.4 Å². The molecule has 10 heteroatoms. The summed E-state index contributed by atoms with van der Waals surface area (Å²) in [5, 5.41) is 6.03. The van der Waals surface area contributed by atoms with Crippen LogP contribution in [0.5, 0.6) is 0 Å². The van der Waals surface area contributed by atoms with Gasteiger partial charge in [0.05, 0.1) is 13.2 Å². The fourth-order valence-electron chi connectivity index (χ4n) is 7.10. The Bertz CT molecular complexity index is 1430. The zero-order valence-electron chi connectivity index (χ0n) is 25.9. The van der Waals surface area contributed by atoms with Crippen molar-refractivity contribution in [3.05, 3.63) is 59.2 Å². The van der Waals surface area contributed by atoms with E-state index >= 15 is 0 Å². The molecule has 0 bridgehead atoms. The van der Waals surface area contributed by atoms with Crippen LogP contribution < -0.4 is 21.3 Å². The molecule has 6 rings (SSSR count). The number of nitrogens with two attached hydrogens (primary N) is 1. The van der Waals surface area contributed by atoms with Crippen molar-refractivity contribution in [3.63, 3.8) is 0 Å². The molecule has 3 heterocycles. The number of piperidine rings is 1. The molecule has 3 fully saturated rings. The highest BCUT2D eigenvalue weighted by atomic mass is 16.5. The quantitative estimate of drug-likeness (QED) is 0.171. The molecule has 1 unspecified atom stereocenters. The van der Waals surface area contributed by atoms with Crippen molar-refractivity contribution in [2.75, 3.05) is 56.6 Å². The van der Waals surface area contributed by atoms with E-state index in [2.05, 4.69) is 44.4 Å². The summed E-state index contributed by atoms with van der Waals surface area (Å²) in [6.45, 7) is 6.76. The smallest absolute Gasteiger partial charge is 0.255 e. The minimum absolute atomic E-state index is 0.180. The molecule has 4 N–H and O–H groups in total. The van der Waals surface area contributed by atoms with Crippen LogP contribution in [-0.2, 0) is 20.9 Å². The lowest BCUT2D eigenvalue weighted by molar-refractivity contribution is -0.136. The fourth-order valence-corrected chi connectivity index (χ4v) is 7.10. The number of fused-ring (bicyclic) bond motifs is 1. The van der Waals surface area contributed by atoms with E-state index < -0.39 is 11.9 Å². The van der Waals surface area contributed by atoms with Crippen molar-refractivity contribution in [2.45, 2.75) is 69.6 Å². The van der Waals surface area contributed by atoms with Crippen LogP contribution in [0.25, 0.3) is 0 Å². The number of hydrogen-bond donors (Lipinski definition) is 3. The molecular formula is C35H44N6O4. The van der Waals surface area contributed by atoms with Crippen molar-refractivity contribution in [2.24, 2.45) is 0 Å². The van der Waals surface area contributed by atoms with E-state index in [-0.39, 0.29) is 18.2 Å². The molecule has 2 aromatic rings. The molecular weight excluding hydrogens is 568 g/mol. The second kappa shape index (κ2) is 14.5. The topological polar surface area (TPSA) is 120 Å². The van der Waals surface area contributed by atoms with Crippen LogP contribution in [0.15, 0.2) is 42.5 Å². The van der Waals surface area contributed by atoms with E-state index in [9.17, 15) is 14.4 Å². The van der Waals surface area contributed by atoms with Gasteiger partial charge in [-0.1, -0.05) is 17.9 Å². The van der Waals surface area contributed by atoms with Gasteiger partial charge >= 0.3 is 0 Å². The zero-order valence-corrected chi connectivity index (χ0v) is 25.9. The molecule has 4 aliphatic rings. The standard InChI is InChI=1S/C35H44N6O4/c36-26-7-11-28(12-8-26)39-18-20-40(21-19-39)29-13-9-27(10-14-29)37-17-23-45-22-2-1-4-25-5-3-6-30-31(25)24-41(35(30)44)32-15-16-33(42)38-34(32)43/h3,5-8,11-12,27,29,32,37H,2,9-10,13-24,36H2,(H,38,42,43). The summed E-state index contributed by atoms with van der Waals surface area (Å²) in [4.78, 5) is 43.6. The van der Waals surface area contributed by atoms with E-state index in [1.807, 2.05) is 24.3 Å². The lowest BCUT2D eigenvalue weighted by Crippen LogP contribution is -2.52. The summed E-state index contributed by atoms with van der Waals surface area (Å²) in [7, 11) is 0. The summed E-state index contributed by atoms with van der Waals surface area (Å²) < 4.78 is 5.84. The van der Waals surface area contributed by atoms with E-state index in [0.29, 0.717) is 50.2 Å². The van der Waals surface area contributed by atoms with Gasteiger partial charge in [-0.15, -0.1) is 0 Å². The third kappa shape index (κ3) is 7.50. The van der Waals surface area contributed by atoms with Gasteiger partial charge in [-0.05, 0) is 74.1 Å². The number of ether oxygens (including phenoxy) is 1. The number of nitrogens with zero attached hydrogens (tertiary/aromatic N) is 3.